The maximum Gasteiger partial charge on any atom is 0.261 e. The van der Waals surface area contributed by atoms with Gasteiger partial charge in [0.05, 0.1) is 12.6 Å². The number of methoxy groups -OCH3 is 1. The molecule has 7 heteroatoms. The molecule has 2 amide bonds. The van der Waals surface area contributed by atoms with Crippen molar-refractivity contribution in [3.63, 3.8) is 0 Å². The number of hydrogen-bond donors (Lipinski definition) is 1. The van der Waals surface area contributed by atoms with E-state index in [1.807, 2.05) is 43.9 Å². The molecule has 2 atom stereocenters. The summed E-state index contributed by atoms with van der Waals surface area (Å²) in [5.74, 6) is -0.0641. The van der Waals surface area contributed by atoms with Gasteiger partial charge in [-0.2, -0.15) is 0 Å². The van der Waals surface area contributed by atoms with Crippen LogP contribution in [-0.4, -0.2) is 49.6 Å². The number of ether oxygens (including phenoxy) is 2. The number of benzene rings is 2. The second kappa shape index (κ2) is 11.3. The lowest BCUT2D eigenvalue weighted by Crippen LogP contribution is -2.42. The molecule has 0 fully saturated rings. The van der Waals surface area contributed by atoms with E-state index in [9.17, 15) is 14.0 Å². The largest absolute Gasteiger partial charge is 0.481 e. The number of carbonyl (C=O) groups excluding carboxylic acids is 2. The van der Waals surface area contributed by atoms with Crippen LogP contribution in [0.5, 0.6) is 5.75 Å². The van der Waals surface area contributed by atoms with Gasteiger partial charge in [-0.25, -0.2) is 4.39 Å². The Kier molecular flexibility index (Phi) is 8.44. The average molecular weight is 457 g/mol. The van der Waals surface area contributed by atoms with Crippen LogP contribution in [0.15, 0.2) is 42.5 Å². The Morgan fingerprint density at radius 1 is 1.18 bits per heavy atom. The van der Waals surface area contributed by atoms with Gasteiger partial charge in [0, 0.05) is 26.1 Å². The SMILES string of the molecule is CC[C@@H](Oc1ccc2c(c1)[C@@H](c1ccc(F)cc1)N(C(=O)C(C)C)CC2)C(=O)NCCOC. The van der Waals surface area contributed by atoms with Crippen LogP contribution in [-0.2, 0) is 20.7 Å². The summed E-state index contributed by atoms with van der Waals surface area (Å²) in [6.45, 7) is 7.09. The van der Waals surface area contributed by atoms with E-state index in [2.05, 4.69) is 5.32 Å². The normalized spacial score (nSPS) is 16.3. The summed E-state index contributed by atoms with van der Waals surface area (Å²) in [7, 11) is 1.58. The van der Waals surface area contributed by atoms with Crippen LogP contribution in [0.3, 0.4) is 0 Å². The number of amides is 2. The lowest BCUT2D eigenvalue weighted by Gasteiger charge is -2.39. The van der Waals surface area contributed by atoms with Crippen LogP contribution in [0.4, 0.5) is 4.39 Å². The smallest absolute Gasteiger partial charge is 0.261 e. The fourth-order valence-corrected chi connectivity index (χ4v) is 4.12. The minimum atomic E-state index is -0.638. The molecular weight excluding hydrogens is 423 g/mol. The Labute approximate surface area is 195 Å². The predicted molar refractivity (Wildman–Crippen MR) is 125 cm³/mol. The van der Waals surface area contributed by atoms with Crippen LogP contribution in [0, 0.1) is 11.7 Å². The van der Waals surface area contributed by atoms with Crippen molar-refractivity contribution in [3.05, 3.63) is 65.0 Å². The number of nitrogens with zero attached hydrogens (tertiary/aromatic N) is 1. The van der Waals surface area contributed by atoms with E-state index in [1.165, 1.54) is 12.1 Å². The first-order chi connectivity index (χ1) is 15.8. The van der Waals surface area contributed by atoms with Gasteiger partial charge < -0.3 is 19.7 Å². The zero-order valence-corrected chi connectivity index (χ0v) is 19.8. The molecule has 0 aliphatic carbocycles. The Hall–Kier alpha value is -2.93. The second-order valence-corrected chi connectivity index (χ2v) is 8.55. The summed E-state index contributed by atoms with van der Waals surface area (Å²) in [6, 6.07) is 11.7. The summed E-state index contributed by atoms with van der Waals surface area (Å²) < 4.78 is 24.7. The zero-order chi connectivity index (χ0) is 24.0. The first-order valence-electron chi connectivity index (χ1n) is 11.5. The number of rotatable bonds is 9. The van der Waals surface area contributed by atoms with Gasteiger partial charge in [-0.1, -0.05) is 39.0 Å². The molecule has 0 bridgehead atoms. The highest BCUT2D eigenvalue weighted by atomic mass is 19.1. The van der Waals surface area contributed by atoms with Crippen LogP contribution < -0.4 is 10.1 Å². The third-order valence-electron chi connectivity index (χ3n) is 5.86. The molecule has 3 rings (SSSR count). The number of carbonyl (C=O) groups is 2. The highest BCUT2D eigenvalue weighted by Gasteiger charge is 2.33. The topological polar surface area (TPSA) is 67.9 Å². The molecule has 6 nitrogen and oxygen atoms in total. The molecule has 2 aromatic rings. The molecular formula is C26H33FN2O4. The van der Waals surface area contributed by atoms with Crippen molar-refractivity contribution in [2.45, 2.75) is 45.8 Å². The summed E-state index contributed by atoms with van der Waals surface area (Å²) >= 11 is 0. The molecule has 0 spiro atoms. The molecule has 0 radical (unpaired) electrons. The number of hydrogen-bond acceptors (Lipinski definition) is 4. The minimum Gasteiger partial charge on any atom is -0.481 e. The Morgan fingerprint density at radius 3 is 2.55 bits per heavy atom. The number of fused-ring (bicyclic) bond motifs is 1. The Balaban J connectivity index is 1.93. The van der Waals surface area contributed by atoms with Gasteiger partial charge in [-0.3, -0.25) is 9.59 Å². The summed E-state index contributed by atoms with van der Waals surface area (Å²) in [4.78, 5) is 27.4. The lowest BCUT2D eigenvalue weighted by molar-refractivity contribution is -0.136. The van der Waals surface area contributed by atoms with Gasteiger partial charge in [0.2, 0.25) is 5.91 Å². The first kappa shape index (κ1) is 24.7. The predicted octanol–water partition coefficient (Wildman–Crippen LogP) is 3.88. The fourth-order valence-electron chi connectivity index (χ4n) is 4.12. The van der Waals surface area contributed by atoms with E-state index in [0.29, 0.717) is 31.9 Å². The minimum absolute atomic E-state index is 0.0465. The van der Waals surface area contributed by atoms with E-state index in [-0.39, 0.29) is 29.6 Å². The molecule has 1 aliphatic rings. The molecule has 0 saturated carbocycles. The molecule has 1 aliphatic heterocycles. The van der Waals surface area contributed by atoms with Gasteiger partial charge in [0.25, 0.3) is 5.91 Å². The maximum absolute atomic E-state index is 13.6. The van der Waals surface area contributed by atoms with Crippen molar-refractivity contribution in [2.24, 2.45) is 5.92 Å². The lowest BCUT2D eigenvalue weighted by atomic mass is 9.87. The third kappa shape index (κ3) is 5.90. The standard InChI is InChI=1S/C26H33FN2O4/c1-5-23(25(30)28-13-15-32-4)33-21-11-8-18-12-14-29(26(31)17(2)3)24(22(18)16-21)19-6-9-20(27)10-7-19/h6-11,16-17,23-24H,5,12-15H2,1-4H3,(H,28,30)/t23-,24-/m1/s1. The van der Waals surface area contributed by atoms with E-state index in [1.54, 1.807) is 19.2 Å². The summed E-state index contributed by atoms with van der Waals surface area (Å²) in [5.41, 5.74) is 2.89. The number of nitrogens with one attached hydrogen (secondary N) is 1. The summed E-state index contributed by atoms with van der Waals surface area (Å²) in [5, 5.41) is 2.81. The van der Waals surface area contributed by atoms with E-state index in [4.69, 9.17) is 9.47 Å². The van der Waals surface area contributed by atoms with Crippen molar-refractivity contribution >= 4 is 11.8 Å². The monoisotopic (exact) mass is 456 g/mol. The molecule has 33 heavy (non-hydrogen) atoms. The van der Waals surface area contributed by atoms with Gasteiger partial charge in [0.1, 0.15) is 11.6 Å². The van der Waals surface area contributed by atoms with Crippen molar-refractivity contribution in [2.75, 3.05) is 26.8 Å². The van der Waals surface area contributed by atoms with Gasteiger partial charge in [0.15, 0.2) is 6.10 Å². The second-order valence-electron chi connectivity index (χ2n) is 8.55. The van der Waals surface area contributed by atoms with E-state index in [0.717, 1.165) is 23.1 Å². The molecule has 0 unspecified atom stereocenters. The maximum atomic E-state index is 13.6. The fraction of sp³-hybridized carbons (Fsp3) is 0.462. The van der Waals surface area contributed by atoms with E-state index < -0.39 is 6.10 Å². The average Bonchev–Trinajstić information content (AvgIpc) is 2.81. The van der Waals surface area contributed by atoms with Gasteiger partial charge in [-0.05, 0) is 53.8 Å². The van der Waals surface area contributed by atoms with Crippen molar-refractivity contribution in [1.82, 2.24) is 10.2 Å². The highest BCUT2D eigenvalue weighted by molar-refractivity contribution is 5.81. The van der Waals surface area contributed by atoms with Crippen LogP contribution in [0.2, 0.25) is 0 Å². The quantitative estimate of drug-likeness (QED) is 0.582. The van der Waals surface area contributed by atoms with Crippen LogP contribution in [0.1, 0.15) is 49.9 Å². The van der Waals surface area contributed by atoms with Gasteiger partial charge in [-0.15, -0.1) is 0 Å². The van der Waals surface area contributed by atoms with Crippen LogP contribution in [0.25, 0.3) is 0 Å². The van der Waals surface area contributed by atoms with Crippen molar-refractivity contribution in [1.29, 1.82) is 0 Å². The molecule has 0 saturated heterocycles. The molecule has 1 N–H and O–H groups in total. The van der Waals surface area contributed by atoms with Crippen LogP contribution >= 0.6 is 0 Å². The molecule has 178 valence electrons. The number of halogens is 1. The Morgan fingerprint density at radius 2 is 1.91 bits per heavy atom. The first-order valence-corrected chi connectivity index (χ1v) is 11.5. The third-order valence-corrected chi connectivity index (χ3v) is 5.86. The highest BCUT2D eigenvalue weighted by Crippen LogP contribution is 2.38. The summed E-state index contributed by atoms with van der Waals surface area (Å²) in [6.07, 6.45) is 0.594. The van der Waals surface area contributed by atoms with Crippen molar-refractivity contribution < 1.29 is 23.5 Å². The van der Waals surface area contributed by atoms with E-state index >= 15 is 0 Å². The molecule has 1 heterocycles. The zero-order valence-electron chi connectivity index (χ0n) is 19.8. The Bertz CT molecular complexity index is 961. The van der Waals surface area contributed by atoms with Crippen molar-refractivity contribution in [3.8, 4) is 5.75 Å². The molecule has 2 aromatic carbocycles. The molecule has 0 aromatic heterocycles. The van der Waals surface area contributed by atoms with Gasteiger partial charge >= 0.3 is 0 Å².